The summed E-state index contributed by atoms with van der Waals surface area (Å²) < 4.78 is 2.48. The second-order valence-electron chi connectivity index (χ2n) is 3.44. The highest BCUT2D eigenvalue weighted by Gasteiger charge is 2.24. The van der Waals surface area contributed by atoms with Crippen molar-refractivity contribution in [2.24, 2.45) is 0 Å². The normalized spacial score (nSPS) is 24.8. The molecule has 0 saturated carbocycles. The summed E-state index contributed by atoms with van der Waals surface area (Å²) >= 11 is 2.47. The Morgan fingerprint density at radius 1 is 1.50 bits per heavy atom. The van der Waals surface area contributed by atoms with E-state index >= 15 is 0 Å². The number of alkyl halides is 1. The van der Waals surface area contributed by atoms with Crippen LogP contribution >= 0.6 is 22.6 Å². The second-order valence-corrected chi connectivity index (χ2v) is 4.12. The average Bonchev–Trinajstić information content (AvgIpc) is 1.96. The maximum Gasteiger partial charge on any atom is 0.129 e. The van der Waals surface area contributed by atoms with Gasteiger partial charge >= 0.3 is 0 Å². The van der Waals surface area contributed by atoms with E-state index in [9.17, 15) is 0 Å². The van der Waals surface area contributed by atoms with Crippen LogP contribution < -0.4 is 0 Å². The minimum absolute atomic E-state index is 1.24. The van der Waals surface area contributed by atoms with Gasteiger partial charge in [-0.1, -0.05) is 12.2 Å². The predicted molar refractivity (Wildman–Crippen MR) is 53.2 cm³/mol. The van der Waals surface area contributed by atoms with Crippen LogP contribution in [-0.4, -0.2) is 29.2 Å². The van der Waals surface area contributed by atoms with Gasteiger partial charge in [0.25, 0.3) is 0 Å². The Bertz CT molecular complexity index is 132. The van der Waals surface area contributed by atoms with Gasteiger partial charge in [0.05, 0.1) is 20.1 Å². The summed E-state index contributed by atoms with van der Waals surface area (Å²) in [5, 5.41) is 0. The standard InChI is InChI=1S/C8H15IN/c1-8-3-5-10(2,7-9)6-4-8/h1,3-7H2,2H3/q+1. The Kier molecular flexibility index (Phi) is 2.74. The largest absolute Gasteiger partial charge is 0.317 e. The van der Waals surface area contributed by atoms with Gasteiger partial charge in [-0.05, 0) is 22.6 Å². The molecule has 0 aromatic carbocycles. The highest BCUT2D eigenvalue weighted by atomic mass is 127. The molecule has 0 unspecified atom stereocenters. The Morgan fingerprint density at radius 2 is 2.00 bits per heavy atom. The summed E-state index contributed by atoms with van der Waals surface area (Å²) in [6, 6.07) is 0. The summed E-state index contributed by atoms with van der Waals surface area (Å²) in [5.74, 6) is 0. The Hall–Kier alpha value is 0.430. The van der Waals surface area contributed by atoms with Crippen molar-refractivity contribution in [3.63, 3.8) is 0 Å². The predicted octanol–water partition coefficient (Wildman–Crippen LogP) is 2.18. The molecule has 2 heteroatoms. The van der Waals surface area contributed by atoms with E-state index in [0.717, 1.165) is 0 Å². The molecule has 0 aromatic heterocycles. The van der Waals surface area contributed by atoms with E-state index in [1.165, 1.54) is 40.5 Å². The van der Waals surface area contributed by atoms with Crippen LogP contribution in [0.25, 0.3) is 0 Å². The molecule has 1 heterocycles. The fourth-order valence-electron chi connectivity index (χ4n) is 1.21. The number of quaternary nitrogens is 1. The van der Waals surface area contributed by atoms with Gasteiger partial charge in [0, 0.05) is 12.8 Å². The van der Waals surface area contributed by atoms with Crippen LogP contribution in [0.4, 0.5) is 0 Å². The van der Waals surface area contributed by atoms with Crippen LogP contribution in [-0.2, 0) is 0 Å². The molecular formula is C8H15IN+. The van der Waals surface area contributed by atoms with Gasteiger partial charge in [-0.2, -0.15) is 0 Å². The highest BCUT2D eigenvalue weighted by molar-refractivity contribution is 14.1. The van der Waals surface area contributed by atoms with Crippen LogP contribution in [0.3, 0.4) is 0 Å². The molecule has 1 aliphatic rings. The van der Waals surface area contributed by atoms with Crippen LogP contribution in [0.15, 0.2) is 12.2 Å². The van der Waals surface area contributed by atoms with Gasteiger partial charge in [-0.25, -0.2) is 0 Å². The van der Waals surface area contributed by atoms with Crippen molar-refractivity contribution in [2.45, 2.75) is 12.8 Å². The number of nitrogens with zero attached hydrogens (tertiary/aromatic N) is 1. The number of hydrogen-bond acceptors (Lipinski definition) is 0. The summed E-state index contributed by atoms with van der Waals surface area (Å²) in [6.45, 7) is 6.59. The van der Waals surface area contributed by atoms with Crippen molar-refractivity contribution < 1.29 is 4.48 Å². The van der Waals surface area contributed by atoms with Crippen LogP contribution in [0.2, 0.25) is 0 Å². The molecule has 0 amide bonds. The molecule has 0 aromatic rings. The van der Waals surface area contributed by atoms with Crippen molar-refractivity contribution in [3.05, 3.63) is 12.2 Å². The third-order valence-corrected chi connectivity index (χ3v) is 3.95. The minimum atomic E-state index is 1.24. The first-order chi connectivity index (χ1) is 4.66. The summed E-state index contributed by atoms with van der Waals surface area (Å²) in [4.78, 5) is 0. The molecule has 0 aliphatic carbocycles. The molecule has 0 spiro atoms. The molecule has 0 bridgehead atoms. The lowest BCUT2D eigenvalue weighted by Gasteiger charge is -2.36. The smallest absolute Gasteiger partial charge is 0.129 e. The zero-order valence-electron chi connectivity index (χ0n) is 6.57. The van der Waals surface area contributed by atoms with Crippen molar-refractivity contribution in [3.8, 4) is 0 Å². The van der Waals surface area contributed by atoms with E-state index in [-0.39, 0.29) is 0 Å². The maximum absolute atomic E-state index is 4.00. The van der Waals surface area contributed by atoms with Crippen molar-refractivity contribution >= 4 is 22.6 Å². The third-order valence-electron chi connectivity index (χ3n) is 2.30. The lowest BCUT2D eigenvalue weighted by atomic mass is 10.1. The maximum atomic E-state index is 4.00. The van der Waals surface area contributed by atoms with Crippen molar-refractivity contribution in [1.29, 1.82) is 0 Å². The van der Waals surface area contributed by atoms with E-state index in [2.05, 4.69) is 36.2 Å². The van der Waals surface area contributed by atoms with E-state index in [1.807, 2.05) is 0 Å². The molecule has 1 nitrogen and oxygen atoms in total. The first-order valence-corrected chi connectivity index (χ1v) is 5.25. The zero-order valence-corrected chi connectivity index (χ0v) is 8.73. The lowest BCUT2D eigenvalue weighted by molar-refractivity contribution is -0.896. The van der Waals surface area contributed by atoms with Gasteiger partial charge in [0.1, 0.15) is 4.55 Å². The van der Waals surface area contributed by atoms with Crippen molar-refractivity contribution in [1.82, 2.24) is 0 Å². The topological polar surface area (TPSA) is 0 Å². The molecule has 1 aliphatic heterocycles. The number of hydrogen-bond donors (Lipinski definition) is 0. The Labute approximate surface area is 76.8 Å². The zero-order chi connectivity index (χ0) is 7.61. The summed E-state index contributed by atoms with van der Waals surface area (Å²) in [5.41, 5.74) is 1.44. The first kappa shape index (κ1) is 8.53. The minimum Gasteiger partial charge on any atom is -0.317 e. The van der Waals surface area contributed by atoms with Gasteiger partial charge in [-0.3, -0.25) is 0 Å². The number of likely N-dealkylation sites (tertiary alicyclic amines) is 1. The van der Waals surface area contributed by atoms with Gasteiger partial charge in [0.2, 0.25) is 0 Å². The molecule has 1 fully saturated rings. The van der Waals surface area contributed by atoms with Crippen LogP contribution in [0, 0.1) is 0 Å². The monoisotopic (exact) mass is 252 g/mol. The number of rotatable bonds is 1. The molecule has 1 saturated heterocycles. The SMILES string of the molecule is C=C1CC[N+](C)(CI)CC1. The fraction of sp³-hybridized carbons (Fsp3) is 0.750. The van der Waals surface area contributed by atoms with Gasteiger partial charge in [0.15, 0.2) is 0 Å². The Morgan fingerprint density at radius 3 is 2.40 bits per heavy atom. The molecular weight excluding hydrogens is 237 g/mol. The molecule has 0 atom stereocenters. The van der Waals surface area contributed by atoms with Crippen LogP contribution in [0.5, 0.6) is 0 Å². The van der Waals surface area contributed by atoms with E-state index < -0.39 is 0 Å². The molecule has 10 heavy (non-hydrogen) atoms. The van der Waals surface area contributed by atoms with E-state index in [1.54, 1.807) is 0 Å². The van der Waals surface area contributed by atoms with Gasteiger partial charge < -0.3 is 4.48 Å². The van der Waals surface area contributed by atoms with E-state index in [4.69, 9.17) is 0 Å². The molecule has 0 radical (unpaired) electrons. The van der Waals surface area contributed by atoms with Crippen LogP contribution in [0.1, 0.15) is 12.8 Å². The van der Waals surface area contributed by atoms with E-state index in [0.29, 0.717) is 0 Å². The lowest BCUT2D eigenvalue weighted by Crippen LogP contribution is -2.46. The summed E-state index contributed by atoms with van der Waals surface area (Å²) in [6.07, 6.45) is 2.47. The summed E-state index contributed by atoms with van der Waals surface area (Å²) in [7, 11) is 2.33. The van der Waals surface area contributed by atoms with Crippen molar-refractivity contribution in [2.75, 3.05) is 24.7 Å². The van der Waals surface area contributed by atoms with Gasteiger partial charge in [-0.15, -0.1) is 0 Å². The quantitative estimate of drug-likeness (QED) is 0.220. The Balaban J connectivity index is 2.46. The third kappa shape index (κ3) is 1.95. The molecule has 1 rings (SSSR count). The fourth-order valence-corrected chi connectivity index (χ4v) is 1.89. The number of piperidine rings is 1. The number of halogens is 1. The average molecular weight is 252 g/mol. The highest BCUT2D eigenvalue weighted by Crippen LogP contribution is 2.20. The first-order valence-electron chi connectivity index (χ1n) is 3.72. The molecule has 58 valence electrons. The second kappa shape index (κ2) is 3.22. The molecule has 0 N–H and O–H groups in total.